The summed E-state index contributed by atoms with van der Waals surface area (Å²) in [5, 5.41) is 14.3. The van der Waals surface area contributed by atoms with E-state index in [1.807, 2.05) is 0 Å². The van der Waals surface area contributed by atoms with Crippen molar-refractivity contribution < 1.29 is 19.2 Å². The monoisotopic (exact) mass is 413 g/mol. The molecule has 0 radical (unpaired) electrons. The van der Waals surface area contributed by atoms with Crippen molar-refractivity contribution in [2.24, 2.45) is 0 Å². The van der Waals surface area contributed by atoms with Crippen LogP contribution in [0.15, 0.2) is 42.5 Å². The first kappa shape index (κ1) is 20.2. The first-order valence-corrected chi connectivity index (χ1v) is 8.92. The van der Waals surface area contributed by atoms with Crippen LogP contribution >= 0.6 is 11.6 Å². The molecule has 0 fully saturated rings. The predicted molar refractivity (Wildman–Crippen MR) is 108 cm³/mol. The van der Waals surface area contributed by atoms with E-state index >= 15 is 0 Å². The van der Waals surface area contributed by atoms with E-state index in [9.17, 15) is 19.7 Å². The average molecular weight is 414 g/mol. The van der Waals surface area contributed by atoms with Crippen LogP contribution in [-0.2, 0) is 9.53 Å². The molecule has 9 heteroatoms. The summed E-state index contributed by atoms with van der Waals surface area (Å²) in [5.74, 6) is -1.45. The van der Waals surface area contributed by atoms with Crippen LogP contribution < -0.4 is 5.32 Å². The number of benzene rings is 2. The van der Waals surface area contributed by atoms with E-state index in [1.54, 1.807) is 38.1 Å². The van der Waals surface area contributed by atoms with Crippen molar-refractivity contribution in [2.75, 3.05) is 11.9 Å². The maximum Gasteiger partial charge on any atom is 0.339 e. The molecule has 0 unspecified atom stereocenters. The predicted octanol–water partition coefficient (Wildman–Crippen LogP) is 4.21. The molecule has 0 saturated heterocycles. The number of nitro benzene ring substituents is 1. The molecule has 8 nitrogen and oxygen atoms in total. The number of ether oxygens (including phenoxy) is 1. The summed E-state index contributed by atoms with van der Waals surface area (Å²) in [6, 6.07) is 11.1. The molecule has 0 saturated carbocycles. The van der Waals surface area contributed by atoms with E-state index in [1.165, 1.54) is 18.2 Å². The molecule has 1 heterocycles. The Morgan fingerprint density at radius 2 is 1.86 bits per heavy atom. The maximum atomic E-state index is 12.4. The smallest absolute Gasteiger partial charge is 0.339 e. The third-order valence-corrected chi connectivity index (χ3v) is 4.52. The van der Waals surface area contributed by atoms with Crippen molar-refractivity contribution in [1.82, 2.24) is 4.98 Å². The van der Waals surface area contributed by atoms with Crippen molar-refractivity contribution in [2.45, 2.75) is 13.8 Å². The normalized spacial score (nSPS) is 10.6. The first-order chi connectivity index (χ1) is 13.8. The third-order valence-electron chi connectivity index (χ3n) is 4.32. The lowest BCUT2D eigenvalue weighted by atomic mass is 10.1. The summed E-state index contributed by atoms with van der Waals surface area (Å²) in [5.41, 5.74) is 1.99. The number of carbonyl (C=O) groups is 2. The summed E-state index contributed by atoms with van der Waals surface area (Å²) < 4.78 is 5.07. The lowest BCUT2D eigenvalue weighted by molar-refractivity contribution is -0.384. The van der Waals surface area contributed by atoms with E-state index in [-0.39, 0.29) is 22.1 Å². The molecule has 0 aliphatic rings. The molecule has 0 bridgehead atoms. The largest absolute Gasteiger partial charge is 0.452 e. The van der Waals surface area contributed by atoms with Crippen molar-refractivity contribution >= 4 is 45.8 Å². The van der Waals surface area contributed by atoms with Gasteiger partial charge in [0.2, 0.25) is 0 Å². The molecule has 1 aromatic heterocycles. The average Bonchev–Trinajstić information content (AvgIpc) is 2.67. The number of para-hydroxylation sites is 1. The van der Waals surface area contributed by atoms with Gasteiger partial charge in [0.25, 0.3) is 11.6 Å². The molecule has 1 N–H and O–H groups in total. The highest BCUT2D eigenvalue weighted by molar-refractivity contribution is 6.30. The van der Waals surface area contributed by atoms with Gasteiger partial charge in [-0.25, -0.2) is 9.78 Å². The van der Waals surface area contributed by atoms with Crippen LogP contribution in [0.2, 0.25) is 5.15 Å². The minimum Gasteiger partial charge on any atom is -0.452 e. The Bertz CT molecular complexity index is 1150. The summed E-state index contributed by atoms with van der Waals surface area (Å²) in [6.45, 7) is 2.89. The Balaban J connectivity index is 1.75. The molecule has 3 rings (SSSR count). The Morgan fingerprint density at radius 1 is 1.17 bits per heavy atom. The SMILES string of the molecule is Cc1cc(NC(=O)COC(=O)c2cc(Cl)nc3ccccc23)c([N+](=O)[O-])cc1C. The standard InChI is InChI=1S/C20H16ClN3O5/c1-11-7-16(17(24(27)28)8-12(11)2)23-19(25)10-29-20(26)14-9-18(21)22-15-6-4-3-5-13(14)15/h3-9H,10H2,1-2H3,(H,23,25). The topological polar surface area (TPSA) is 111 Å². The number of aryl methyl sites for hydroxylation is 2. The van der Waals surface area contributed by atoms with Crippen LogP contribution in [0.25, 0.3) is 10.9 Å². The highest BCUT2D eigenvalue weighted by Crippen LogP contribution is 2.28. The number of halogens is 1. The van der Waals surface area contributed by atoms with Gasteiger partial charge in [-0.1, -0.05) is 29.8 Å². The second-order valence-electron chi connectivity index (χ2n) is 6.34. The van der Waals surface area contributed by atoms with Gasteiger partial charge in [0.15, 0.2) is 6.61 Å². The van der Waals surface area contributed by atoms with Gasteiger partial charge in [-0.05, 0) is 43.2 Å². The minimum absolute atomic E-state index is 0.0385. The molecule has 0 aliphatic heterocycles. The molecule has 2 aromatic carbocycles. The van der Waals surface area contributed by atoms with Gasteiger partial charge in [0, 0.05) is 11.5 Å². The highest BCUT2D eigenvalue weighted by atomic mass is 35.5. The number of nitrogens with one attached hydrogen (secondary N) is 1. The van der Waals surface area contributed by atoms with Gasteiger partial charge in [-0.3, -0.25) is 14.9 Å². The second-order valence-corrected chi connectivity index (χ2v) is 6.73. The van der Waals surface area contributed by atoms with Gasteiger partial charge in [0.05, 0.1) is 16.0 Å². The van der Waals surface area contributed by atoms with Gasteiger partial charge in [-0.15, -0.1) is 0 Å². The molecule has 29 heavy (non-hydrogen) atoms. The van der Waals surface area contributed by atoms with Crippen molar-refractivity contribution in [3.05, 3.63) is 74.4 Å². The zero-order valence-electron chi connectivity index (χ0n) is 15.6. The fraction of sp³-hybridized carbons (Fsp3) is 0.150. The summed E-state index contributed by atoms with van der Waals surface area (Å²) >= 11 is 5.95. The van der Waals surface area contributed by atoms with Crippen molar-refractivity contribution in [3.63, 3.8) is 0 Å². The number of rotatable bonds is 5. The zero-order valence-corrected chi connectivity index (χ0v) is 16.3. The molecule has 0 atom stereocenters. The number of nitro groups is 1. The van der Waals surface area contributed by atoms with E-state index < -0.39 is 23.4 Å². The van der Waals surface area contributed by atoms with Crippen molar-refractivity contribution in [1.29, 1.82) is 0 Å². The van der Waals surface area contributed by atoms with Crippen LogP contribution in [0, 0.1) is 24.0 Å². The number of aromatic nitrogens is 1. The summed E-state index contributed by atoms with van der Waals surface area (Å²) in [7, 11) is 0. The van der Waals surface area contributed by atoms with Crippen LogP contribution in [0.5, 0.6) is 0 Å². The number of hydrogen-bond acceptors (Lipinski definition) is 6. The molecule has 3 aromatic rings. The molecular weight excluding hydrogens is 398 g/mol. The number of nitrogens with zero attached hydrogens (tertiary/aromatic N) is 2. The van der Waals surface area contributed by atoms with E-state index in [4.69, 9.17) is 16.3 Å². The minimum atomic E-state index is -0.754. The fourth-order valence-electron chi connectivity index (χ4n) is 2.76. The lowest BCUT2D eigenvalue weighted by Crippen LogP contribution is -2.21. The number of fused-ring (bicyclic) bond motifs is 1. The number of anilines is 1. The molecule has 1 amide bonds. The summed E-state index contributed by atoms with van der Waals surface area (Å²) in [6.07, 6.45) is 0. The van der Waals surface area contributed by atoms with Crippen molar-refractivity contribution in [3.8, 4) is 0 Å². The zero-order chi connectivity index (χ0) is 21.1. The Hall–Kier alpha value is -3.52. The Morgan fingerprint density at radius 3 is 2.59 bits per heavy atom. The quantitative estimate of drug-likeness (QED) is 0.290. The molecule has 0 spiro atoms. The van der Waals surface area contributed by atoms with Gasteiger partial charge in [0.1, 0.15) is 10.8 Å². The van der Waals surface area contributed by atoms with Gasteiger partial charge in [-0.2, -0.15) is 0 Å². The number of carbonyl (C=O) groups excluding carboxylic acids is 2. The van der Waals surface area contributed by atoms with Crippen LogP contribution in [0.4, 0.5) is 11.4 Å². The van der Waals surface area contributed by atoms with Crippen LogP contribution in [0.1, 0.15) is 21.5 Å². The van der Waals surface area contributed by atoms with Crippen LogP contribution in [-0.4, -0.2) is 28.4 Å². The molecule has 0 aliphatic carbocycles. The molecule has 148 valence electrons. The van der Waals surface area contributed by atoms with Crippen LogP contribution in [0.3, 0.4) is 0 Å². The Kier molecular flexibility index (Phi) is 5.74. The fourth-order valence-corrected chi connectivity index (χ4v) is 2.96. The summed E-state index contributed by atoms with van der Waals surface area (Å²) in [4.78, 5) is 39.4. The second kappa shape index (κ2) is 8.24. The first-order valence-electron chi connectivity index (χ1n) is 8.54. The van der Waals surface area contributed by atoms with E-state index in [0.29, 0.717) is 10.9 Å². The number of amides is 1. The maximum absolute atomic E-state index is 12.4. The Labute approximate surface area is 170 Å². The number of esters is 1. The van der Waals surface area contributed by atoms with Gasteiger partial charge < -0.3 is 10.1 Å². The molecular formula is C20H16ClN3O5. The highest BCUT2D eigenvalue weighted by Gasteiger charge is 2.19. The number of pyridine rings is 1. The lowest BCUT2D eigenvalue weighted by Gasteiger charge is -2.10. The number of hydrogen-bond donors (Lipinski definition) is 1. The third kappa shape index (κ3) is 4.49. The van der Waals surface area contributed by atoms with E-state index in [0.717, 1.165) is 11.1 Å². The van der Waals surface area contributed by atoms with Gasteiger partial charge >= 0.3 is 5.97 Å². The van der Waals surface area contributed by atoms with E-state index in [2.05, 4.69) is 10.3 Å².